The lowest BCUT2D eigenvalue weighted by Gasteiger charge is -2.30. The SMILES string of the molecule is NC(=O)C1CCN(Cc2cccc(NC(=O)c3ccc4c(c3)CCC4)c2)CC1. The van der Waals surface area contributed by atoms with E-state index in [-0.39, 0.29) is 17.7 Å². The van der Waals surface area contributed by atoms with E-state index in [9.17, 15) is 9.59 Å². The van der Waals surface area contributed by atoms with Gasteiger partial charge in [-0.2, -0.15) is 0 Å². The van der Waals surface area contributed by atoms with Crippen LogP contribution in [0.15, 0.2) is 42.5 Å². The summed E-state index contributed by atoms with van der Waals surface area (Å²) >= 11 is 0. The zero-order chi connectivity index (χ0) is 19.5. The van der Waals surface area contributed by atoms with Crippen molar-refractivity contribution < 1.29 is 9.59 Å². The zero-order valence-corrected chi connectivity index (χ0v) is 16.1. The van der Waals surface area contributed by atoms with Gasteiger partial charge in [0.1, 0.15) is 0 Å². The summed E-state index contributed by atoms with van der Waals surface area (Å²) in [4.78, 5) is 26.3. The van der Waals surface area contributed by atoms with Crippen molar-refractivity contribution in [1.29, 1.82) is 0 Å². The summed E-state index contributed by atoms with van der Waals surface area (Å²) in [5.41, 5.74) is 10.8. The van der Waals surface area contributed by atoms with E-state index in [4.69, 9.17) is 5.73 Å². The maximum atomic E-state index is 12.6. The number of carbonyl (C=O) groups is 2. The Labute approximate surface area is 165 Å². The van der Waals surface area contributed by atoms with Crippen LogP contribution in [-0.2, 0) is 24.2 Å². The van der Waals surface area contributed by atoms with Gasteiger partial charge in [-0.3, -0.25) is 14.5 Å². The van der Waals surface area contributed by atoms with Crippen LogP contribution in [0.4, 0.5) is 5.69 Å². The van der Waals surface area contributed by atoms with Crippen molar-refractivity contribution in [3.05, 3.63) is 64.7 Å². The fourth-order valence-corrected chi connectivity index (χ4v) is 4.30. The first-order chi connectivity index (χ1) is 13.6. The number of hydrogen-bond acceptors (Lipinski definition) is 3. The van der Waals surface area contributed by atoms with E-state index < -0.39 is 0 Å². The summed E-state index contributed by atoms with van der Waals surface area (Å²) in [6.07, 6.45) is 5.02. The molecule has 0 atom stereocenters. The van der Waals surface area contributed by atoms with Crippen molar-refractivity contribution in [2.75, 3.05) is 18.4 Å². The first-order valence-electron chi connectivity index (χ1n) is 10.1. The van der Waals surface area contributed by atoms with Gasteiger partial charge in [0.25, 0.3) is 5.91 Å². The third-order valence-corrected chi connectivity index (χ3v) is 5.94. The number of likely N-dealkylation sites (tertiary alicyclic amines) is 1. The number of nitrogens with one attached hydrogen (secondary N) is 1. The Morgan fingerprint density at radius 3 is 2.61 bits per heavy atom. The number of nitrogens with zero attached hydrogens (tertiary/aromatic N) is 1. The van der Waals surface area contributed by atoms with Crippen LogP contribution in [0.3, 0.4) is 0 Å². The molecule has 1 heterocycles. The molecule has 0 aromatic heterocycles. The van der Waals surface area contributed by atoms with E-state index in [0.717, 1.165) is 62.1 Å². The number of primary amides is 1. The number of piperidine rings is 1. The Morgan fingerprint density at radius 1 is 1.04 bits per heavy atom. The molecule has 4 rings (SSSR count). The van der Waals surface area contributed by atoms with E-state index >= 15 is 0 Å². The first-order valence-corrected chi connectivity index (χ1v) is 10.1. The fourth-order valence-electron chi connectivity index (χ4n) is 4.30. The summed E-state index contributed by atoms with van der Waals surface area (Å²) in [5.74, 6) is -0.237. The van der Waals surface area contributed by atoms with Gasteiger partial charge in [-0.1, -0.05) is 18.2 Å². The molecule has 0 radical (unpaired) electrons. The number of amides is 2. The van der Waals surface area contributed by atoms with Crippen LogP contribution in [0, 0.1) is 5.92 Å². The summed E-state index contributed by atoms with van der Waals surface area (Å²) in [6, 6.07) is 14.1. The summed E-state index contributed by atoms with van der Waals surface area (Å²) in [5, 5.41) is 3.03. The molecule has 0 bridgehead atoms. The van der Waals surface area contributed by atoms with Crippen LogP contribution in [-0.4, -0.2) is 29.8 Å². The van der Waals surface area contributed by atoms with Gasteiger partial charge in [-0.15, -0.1) is 0 Å². The van der Waals surface area contributed by atoms with Gasteiger partial charge in [0.05, 0.1) is 0 Å². The molecule has 146 valence electrons. The number of aryl methyl sites for hydroxylation is 2. The van der Waals surface area contributed by atoms with Gasteiger partial charge in [-0.05, 0) is 86.1 Å². The molecule has 5 heteroatoms. The van der Waals surface area contributed by atoms with Crippen LogP contribution in [0.5, 0.6) is 0 Å². The highest BCUT2D eigenvalue weighted by Gasteiger charge is 2.23. The summed E-state index contributed by atoms with van der Waals surface area (Å²) < 4.78 is 0. The molecule has 0 spiro atoms. The zero-order valence-electron chi connectivity index (χ0n) is 16.1. The van der Waals surface area contributed by atoms with E-state index in [2.05, 4.69) is 22.3 Å². The van der Waals surface area contributed by atoms with Crippen molar-refractivity contribution >= 4 is 17.5 Å². The average Bonchev–Trinajstić information content (AvgIpc) is 3.16. The van der Waals surface area contributed by atoms with Crippen LogP contribution in [0.1, 0.15) is 46.3 Å². The third kappa shape index (κ3) is 4.25. The Morgan fingerprint density at radius 2 is 1.82 bits per heavy atom. The van der Waals surface area contributed by atoms with E-state index in [1.165, 1.54) is 17.5 Å². The quantitative estimate of drug-likeness (QED) is 0.841. The minimum Gasteiger partial charge on any atom is -0.369 e. The molecular weight excluding hydrogens is 350 g/mol. The molecule has 1 aliphatic heterocycles. The van der Waals surface area contributed by atoms with Gasteiger partial charge in [0.2, 0.25) is 5.91 Å². The predicted molar refractivity (Wildman–Crippen MR) is 110 cm³/mol. The second-order valence-corrected chi connectivity index (χ2v) is 7.94. The third-order valence-electron chi connectivity index (χ3n) is 5.94. The van der Waals surface area contributed by atoms with Crippen molar-refractivity contribution in [3.8, 4) is 0 Å². The maximum Gasteiger partial charge on any atom is 0.255 e. The van der Waals surface area contributed by atoms with Crippen molar-refractivity contribution in [1.82, 2.24) is 4.90 Å². The minimum atomic E-state index is -0.184. The molecule has 1 aliphatic carbocycles. The molecule has 0 saturated carbocycles. The van der Waals surface area contributed by atoms with E-state index in [1.54, 1.807) is 0 Å². The molecule has 2 aliphatic rings. The molecule has 3 N–H and O–H groups in total. The van der Waals surface area contributed by atoms with Gasteiger partial charge in [0.15, 0.2) is 0 Å². The normalized spacial score (nSPS) is 17.3. The van der Waals surface area contributed by atoms with Crippen LogP contribution < -0.4 is 11.1 Å². The smallest absolute Gasteiger partial charge is 0.255 e. The maximum absolute atomic E-state index is 12.6. The molecular formula is C23H27N3O2. The Kier molecular flexibility index (Phi) is 5.44. The molecule has 5 nitrogen and oxygen atoms in total. The number of rotatable bonds is 5. The predicted octanol–water partition coefficient (Wildman–Crippen LogP) is 3.12. The van der Waals surface area contributed by atoms with Crippen LogP contribution in [0.2, 0.25) is 0 Å². The number of nitrogens with two attached hydrogens (primary N) is 1. The fraction of sp³-hybridized carbons (Fsp3) is 0.391. The Balaban J connectivity index is 1.37. The van der Waals surface area contributed by atoms with Gasteiger partial charge in [0, 0.05) is 23.7 Å². The number of fused-ring (bicyclic) bond motifs is 1. The molecule has 2 amide bonds. The number of anilines is 1. The average molecular weight is 377 g/mol. The van der Waals surface area contributed by atoms with Crippen molar-refractivity contribution in [2.45, 2.75) is 38.6 Å². The second kappa shape index (κ2) is 8.15. The topological polar surface area (TPSA) is 75.4 Å². The lowest BCUT2D eigenvalue weighted by atomic mass is 9.96. The highest BCUT2D eigenvalue weighted by molar-refractivity contribution is 6.04. The summed E-state index contributed by atoms with van der Waals surface area (Å²) in [7, 11) is 0. The van der Waals surface area contributed by atoms with Gasteiger partial charge >= 0.3 is 0 Å². The molecule has 28 heavy (non-hydrogen) atoms. The highest BCUT2D eigenvalue weighted by atomic mass is 16.2. The monoisotopic (exact) mass is 377 g/mol. The van der Waals surface area contributed by atoms with Crippen molar-refractivity contribution in [3.63, 3.8) is 0 Å². The van der Waals surface area contributed by atoms with Crippen molar-refractivity contribution in [2.24, 2.45) is 11.7 Å². The lowest BCUT2D eigenvalue weighted by Crippen LogP contribution is -2.38. The van der Waals surface area contributed by atoms with Crippen LogP contribution in [0.25, 0.3) is 0 Å². The number of carbonyl (C=O) groups excluding carboxylic acids is 2. The number of hydrogen-bond donors (Lipinski definition) is 2. The molecule has 1 saturated heterocycles. The molecule has 2 aromatic rings. The largest absolute Gasteiger partial charge is 0.369 e. The second-order valence-electron chi connectivity index (χ2n) is 7.94. The van der Waals surface area contributed by atoms with Gasteiger partial charge < -0.3 is 11.1 Å². The lowest BCUT2D eigenvalue weighted by molar-refractivity contribution is -0.123. The van der Waals surface area contributed by atoms with E-state index in [1.807, 2.05) is 30.3 Å². The highest BCUT2D eigenvalue weighted by Crippen LogP contribution is 2.24. The van der Waals surface area contributed by atoms with Gasteiger partial charge in [-0.25, -0.2) is 0 Å². The molecule has 1 fully saturated rings. The standard InChI is InChI=1S/C23H27N3O2/c24-22(27)18-9-11-26(12-10-18)15-16-3-1-6-21(13-16)25-23(28)20-8-7-17-4-2-5-19(17)14-20/h1,3,6-8,13-14,18H,2,4-5,9-12,15H2,(H2,24,27)(H,25,28). The Bertz CT molecular complexity index is 885. The van der Waals surface area contributed by atoms with E-state index in [0.29, 0.717) is 0 Å². The number of benzene rings is 2. The van der Waals surface area contributed by atoms with Crippen LogP contribution >= 0.6 is 0 Å². The minimum absolute atomic E-state index is 0.00851. The Hall–Kier alpha value is -2.66. The molecule has 0 unspecified atom stereocenters. The molecule has 2 aromatic carbocycles. The summed E-state index contributed by atoms with van der Waals surface area (Å²) in [6.45, 7) is 2.56. The first kappa shape index (κ1) is 18.7.